The lowest BCUT2D eigenvalue weighted by atomic mass is 10.1. The Kier molecular flexibility index (Phi) is 4.75. The van der Waals surface area contributed by atoms with Gasteiger partial charge in [-0.1, -0.05) is 6.07 Å². The van der Waals surface area contributed by atoms with Gasteiger partial charge in [0.05, 0.1) is 34.5 Å². The third-order valence-electron chi connectivity index (χ3n) is 4.64. The van der Waals surface area contributed by atoms with Crippen molar-refractivity contribution in [3.05, 3.63) is 83.2 Å². The van der Waals surface area contributed by atoms with Gasteiger partial charge in [-0.05, 0) is 37.6 Å². The van der Waals surface area contributed by atoms with E-state index in [0.717, 1.165) is 6.07 Å². The molecule has 0 saturated heterocycles. The topological polar surface area (TPSA) is 72.7 Å². The quantitative estimate of drug-likeness (QED) is 0.575. The summed E-state index contributed by atoms with van der Waals surface area (Å²) in [5.74, 6) is -1.52. The molecule has 4 rings (SSSR count). The highest BCUT2D eigenvalue weighted by molar-refractivity contribution is 6.04. The van der Waals surface area contributed by atoms with Gasteiger partial charge < -0.3 is 9.88 Å². The van der Waals surface area contributed by atoms with Crippen molar-refractivity contribution in [3.63, 3.8) is 0 Å². The zero-order valence-corrected chi connectivity index (χ0v) is 15.8. The summed E-state index contributed by atoms with van der Waals surface area (Å²) in [4.78, 5) is 25.3. The van der Waals surface area contributed by atoms with E-state index < -0.39 is 17.5 Å². The maximum absolute atomic E-state index is 14.4. The highest BCUT2D eigenvalue weighted by Gasteiger charge is 2.16. The first-order chi connectivity index (χ1) is 13.9. The van der Waals surface area contributed by atoms with Crippen LogP contribution in [0.15, 0.2) is 49.1 Å². The minimum atomic E-state index is -0.573. The number of hydrogen-bond acceptors (Lipinski definition) is 4. The van der Waals surface area contributed by atoms with Gasteiger partial charge in [-0.25, -0.2) is 23.7 Å². The monoisotopic (exact) mass is 393 g/mol. The molecule has 0 aliphatic rings. The van der Waals surface area contributed by atoms with Gasteiger partial charge in [0.1, 0.15) is 17.2 Å². The van der Waals surface area contributed by atoms with Crippen LogP contribution in [0.3, 0.4) is 0 Å². The number of nitrogens with zero attached hydrogens (tertiary/aromatic N) is 4. The fourth-order valence-corrected chi connectivity index (χ4v) is 3.02. The summed E-state index contributed by atoms with van der Waals surface area (Å²) in [6, 6.07) is 7.02. The molecule has 0 unspecified atom stereocenters. The number of aryl methyl sites for hydroxylation is 2. The smallest absolute Gasteiger partial charge is 0.253 e. The second-order valence-electron chi connectivity index (χ2n) is 6.65. The van der Waals surface area contributed by atoms with Gasteiger partial charge >= 0.3 is 0 Å². The number of carbonyl (C=O) groups excluding carboxylic acids is 1. The summed E-state index contributed by atoms with van der Waals surface area (Å²) in [7, 11) is 0. The van der Waals surface area contributed by atoms with Crippen molar-refractivity contribution in [3.8, 4) is 5.69 Å². The number of imidazole rings is 1. The average molecular weight is 393 g/mol. The number of carbonyl (C=O) groups is 1. The largest absolute Gasteiger partial charge is 0.348 e. The first-order valence-electron chi connectivity index (χ1n) is 8.92. The summed E-state index contributed by atoms with van der Waals surface area (Å²) in [5.41, 5.74) is 2.99. The fraction of sp³-hybridized carbons (Fsp3) is 0.143. The molecule has 146 valence electrons. The molecule has 8 heteroatoms. The van der Waals surface area contributed by atoms with Crippen LogP contribution >= 0.6 is 0 Å². The van der Waals surface area contributed by atoms with Crippen molar-refractivity contribution in [1.29, 1.82) is 0 Å². The van der Waals surface area contributed by atoms with E-state index in [2.05, 4.69) is 20.3 Å². The van der Waals surface area contributed by atoms with Gasteiger partial charge in [0.15, 0.2) is 0 Å². The third kappa shape index (κ3) is 3.69. The Morgan fingerprint density at radius 2 is 1.90 bits per heavy atom. The van der Waals surface area contributed by atoms with Crippen molar-refractivity contribution in [2.75, 3.05) is 0 Å². The van der Waals surface area contributed by atoms with Gasteiger partial charge in [0.25, 0.3) is 5.91 Å². The second-order valence-corrected chi connectivity index (χ2v) is 6.65. The lowest BCUT2D eigenvalue weighted by Gasteiger charge is -2.10. The maximum atomic E-state index is 14.4. The molecule has 4 aromatic rings. The SMILES string of the molecule is Cc1nc2cc(F)cc(C(=O)NCc3ccc(-n4ccnc4)c(F)c3)c2nc1C. The summed E-state index contributed by atoms with van der Waals surface area (Å²) in [5, 5.41) is 2.69. The van der Waals surface area contributed by atoms with Crippen LogP contribution in [0.2, 0.25) is 0 Å². The van der Waals surface area contributed by atoms with Crippen LogP contribution in [0.4, 0.5) is 8.78 Å². The van der Waals surface area contributed by atoms with E-state index in [1.54, 1.807) is 42.9 Å². The molecule has 1 N–H and O–H groups in total. The Morgan fingerprint density at radius 1 is 1.10 bits per heavy atom. The minimum Gasteiger partial charge on any atom is -0.348 e. The standard InChI is InChI=1S/C21H17F2N5O/c1-12-13(2)27-20-16(8-15(22)9-18(20)26-12)21(29)25-10-14-3-4-19(17(23)7-14)28-6-5-24-11-28/h3-9,11H,10H2,1-2H3,(H,25,29). The number of hydrogen-bond donors (Lipinski definition) is 1. The van der Waals surface area contributed by atoms with E-state index >= 15 is 0 Å². The molecule has 0 bridgehead atoms. The molecule has 0 saturated carbocycles. The molecule has 1 amide bonds. The van der Waals surface area contributed by atoms with Gasteiger partial charge in [0, 0.05) is 25.0 Å². The number of benzene rings is 2. The predicted molar refractivity (Wildman–Crippen MR) is 104 cm³/mol. The number of rotatable bonds is 4. The van der Waals surface area contributed by atoms with Crippen molar-refractivity contribution in [2.45, 2.75) is 20.4 Å². The number of fused-ring (bicyclic) bond motifs is 1. The van der Waals surface area contributed by atoms with Crippen molar-refractivity contribution in [2.24, 2.45) is 0 Å². The molecule has 0 fully saturated rings. The Bertz CT molecular complexity index is 1220. The summed E-state index contributed by atoms with van der Waals surface area (Å²) < 4.78 is 29.9. The summed E-state index contributed by atoms with van der Waals surface area (Å²) in [6.45, 7) is 3.63. The fourth-order valence-electron chi connectivity index (χ4n) is 3.02. The molecule has 2 aromatic carbocycles. The van der Waals surface area contributed by atoms with E-state index in [0.29, 0.717) is 33.7 Å². The average Bonchev–Trinajstić information content (AvgIpc) is 3.21. The normalized spacial score (nSPS) is 11.0. The Balaban J connectivity index is 1.57. The molecule has 0 spiro atoms. The van der Waals surface area contributed by atoms with Crippen LogP contribution in [-0.2, 0) is 6.54 Å². The molecule has 0 radical (unpaired) electrons. The Labute approximate surface area is 165 Å². The molecule has 0 aliphatic heterocycles. The number of halogens is 2. The minimum absolute atomic E-state index is 0.0796. The molecule has 2 aromatic heterocycles. The van der Waals surface area contributed by atoms with Gasteiger partial charge in [0.2, 0.25) is 0 Å². The molecule has 2 heterocycles. The van der Waals surface area contributed by atoms with E-state index in [1.165, 1.54) is 18.5 Å². The summed E-state index contributed by atoms with van der Waals surface area (Å²) in [6.07, 6.45) is 4.70. The molecule has 29 heavy (non-hydrogen) atoms. The van der Waals surface area contributed by atoms with Crippen molar-refractivity contribution in [1.82, 2.24) is 24.8 Å². The van der Waals surface area contributed by atoms with Crippen LogP contribution in [0, 0.1) is 25.5 Å². The van der Waals surface area contributed by atoms with Gasteiger partial charge in [-0.2, -0.15) is 0 Å². The highest BCUT2D eigenvalue weighted by atomic mass is 19.1. The predicted octanol–water partition coefficient (Wildman–Crippen LogP) is 3.64. The van der Waals surface area contributed by atoms with Gasteiger partial charge in [-0.15, -0.1) is 0 Å². The van der Waals surface area contributed by atoms with E-state index in [4.69, 9.17) is 0 Å². The number of aromatic nitrogens is 4. The van der Waals surface area contributed by atoms with Crippen LogP contribution in [-0.4, -0.2) is 25.4 Å². The van der Waals surface area contributed by atoms with Crippen LogP contribution in [0.25, 0.3) is 16.7 Å². The highest BCUT2D eigenvalue weighted by Crippen LogP contribution is 2.20. The van der Waals surface area contributed by atoms with Crippen LogP contribution in [0.1, 0.15) is 27.3 Å². The first-order valence-corrected chi connectivity index (χ1v) is 8.92. The molecule has 0 aliphatic carbocycles. The third-order valence-corrected chi connectivity index (χ3v) is 4.64. The second kappa shape index (κ2) is 7.38. The lowest BCUT2D eigenvalue weighted by Crippen LogP contribution is -2.23. The Morgan fingerprint density at radius 3 is 2.62 bits per heavy atom. The molecule has 6 nitrogen and oxygen atoms in total. The van der Waals surface area contributed by atoms with E-state index in [-0.39, 0.29) is 12.1 Å². The molecular formula is C21H17F2N5O. The Hall–Kier alpha value is -3.68. The number of amides is 1. The zero-order chi connectivity index (χ0) is 20.5. The van der Waals surface area contributed by atoms with E-state index in [9.17, 15) is 13.6 Å². The van der Waals surface area contributed by atoms with Crippen LogP contribution < -0.4 is 5.32 Å². The van der Waals surface area contributed by atoms with Crippen LogP contribution in [0.5, 0.6) is 0 Å². The molecular weight excluding hydrogens is 376 g/mol. The lowest BCUT2D eigenvalue weighted by molar-refractivity contribution is 0.0952. The maximum Gasteiger partial charge on any atom is 0.253 e. The van der Waals surface area contributed by atoms with Gasteiger partial charge in [-0.3, -0.25) is 4.79 Å². The van der Waals surface area contributed by atoms with E-state index in [1.807, 2.05) is 0 Å². The zero-order valence-electron chi connectivity index (χ0n) is 15.8. The first kappa shape index (κ1) is 18.7. The molecule has 0 atom stereocenters. The van der Waals surface area contributed by atoms with Crippen molar-refractivity contribution >= 4 is 16.9 Å². The number of nitrogens with one attached hydrogen (secondary N) is 1. The summed E-state index contributed by atoms with van der Waals surface area (Å²) >= 11 is 0. The van der Waals surface area contributed by atoms with Crippen molar-refractivity contribution < 1.29 is 13.6 Å².